The van der Waals surface area contributed by atoms with E-state index in [9.17, 15) is 9.90 Å². The molecule has 0 radical (unpaired) electrons. The van der Waals surface area contributed by atoms with Crippen molar-refractivity contribution >= 4 is 24.9 Å². The van der Waals surface area contributed by atoms with E-state index in [1.807, 2.05) is 42.0 Å². The minimum atomic E-state index is -1.44. The van der Waals surface area contributed by atoms with E-state index in [0.717, 1.165) is 28.1 Å². The van der Waals surface area contributed by atoms with E-state index in [1.54, 1.807) is 23.2 Å². The van der Waals surface area contributed by atoms with Gasteiger partial charge in [0.25, 0.3) is 5.56 Å². The summed E-state index contributed by atoms with van der Waals surface area (Å²) in [5.41, 5.74) is 5.48. The molecule has 0 aliphatic rings. The number of pyridine rings is 1. The first-order valence-electron chi connectivity index (χ1n) is 11.8. The molecule has 0 bridgehead atoms. The molecule has 0 fully saturated rings. The van der Waals surface area contributed by atoms with Gasteiger partial charge < -0.3 is 14.2 Å². The van der Waals surface area contributed by atoms with Gasteiger partial charge in [0.05, 0.1) is 37.8 Å². The molecular weight excluding hydrogens is 474 g/mol. The van der Waals surface area contributed by atoms with Crippen LogP contribution < -0.4 is 10.7 Å². The Balaban J connectivity index is 1.66. The maximum absolute atomic E-state index is 13.5. The second kappa shape index (κ2) is 9.97. The van der Waals surface area contributed by atoms with Crippen LogP contribution >= 0.6 is 11.6 Å². The van der Waals surface area contributed by atoms with Crippen LogP contribution in [0.4, 0.5) is 0 Å². The normalized spacial score (nSPS) is 12.7. The Morgan fingerprint density at radius 2 is 1.74 bits per heavy atom. The molecule has 0 aliphatic heterocycles. The molecule has 5 nitrogen and oxygen atoms in total. The number of aliphatic hydroxyl groups excluding tert-OH is 1. The summed E-state index contributed by atoms with van der Waals surface area (Å²) in [4.78, 5) is 17.8. The molecule has 4 rings (SSSR count). The largest absolute Gasteiger partial charge is 0.394 e. The summed E-state index contributed by atoms with van der Waals surface area (Å²) in [6, 6.07) is 15.7. The summed E-state index contributed by atoms with van der Waals surface area (Å²) in [5, 5.41) is 12.0. The Morgan fingerprint density at radius 1 is 1.03 bits per heavy atom. The van der Waals surface area contributed by atoms with Crippen molar-refractivity contribution in [3.8, 4) is 5.69 Å². The molecule has 0 saturated carbocycles. The standard InChI is InChI=1S/C28H32ClN3O2Si/c1-19-12-21(6-11-26(19)31-15-20(2)30-18-31)13-23-14-24(29)16-32(28(23)34)27(17-33)22-7-9-25(10-8-22)35(3,4)5/h6-12,14-16,18,27,33H,13,17H2,1-5H3/t27-/m0/s1. The van der Waals surface area contributed by atoms with E-state index in [0.29, 0.717) is 17.0 Å². The molecule has 35 heavy (non-hydrogen) atoms. The second-order valence-corrected chi connectivity index (χ2v) is 15.7. The number of hydrogen-bond donors (Lipinski definition) is 1. The zero-order valence-corrected chi connectivity index (χ0v) is 22.7. The van der Waals surface area contributed by atoms with Crippen LogP contribution in [0.25, 0.3) is 5.69 Å². The highest BCUT2D eigenvalue weighted by Gasteiger charge is 2.20. The van der Waals surface area contributed by atoms with Gasteiger partial charge in [-0.2, -0.15) is 0 Å². The Morgan fingerprint density at radius 3 is 2.31 bits per heavy atom. The number of aryl methyl sites for hydroxylation is 2. The van der Waals surface area contributed by atoms with Gasteiger partial charge in [0.15, 0.2) is 0 Å². The molecule has 7 heteroatoms. The lowest BCUT2D eigenvalue weighted by Gasteiger charge is -2.22. The highest BCUT2D eigenvalue weighted by atomic mass is 35.5. The number of benzene rings is 2. The minimum Gasteiger partial charge on any atom is -0.394 e. The highest BCUT2D eigenvalue weighted by molar-refractivity contribution is 6.88. The summed E-state index contributed by atoms with van der Waals surface area (Å²) in [5.74, 6) is 0. The van der Waals surface area contributed by atoms with Crippen LogP contribution in [0.5, 0.6) is 0 Å². The van der Waals surface area contributed by atoms with Gasteiger partial charge in [-0.15, -0.1) is 0 Å². The molecule has 0 aliphatic carbocycles. The summed E-state index contributed by atoms with van der Waals surface area (Å²) >= 11 is 6.45. The van der Waals surface area contributed by atoms with E-state index >= 15 is 0 Å². The lowest BCUT2D eigenvalue weighted by atomic mass is 10.0. The monoisotopic (exact) mass is 505 g/mol. The number of aliphatic hydroxyl groups is 1. The summed E-state index contributed by atoms with van der Waals surface area (Å²) in [6.45, 7) is 10.7. The molecular formula is C28H32ClN3O2Si. The van der Waals surface area contributed by atoms with Gasteiger partial charge in [0.1, 0.15) is 0 Å². The molecule has 2 aromatic heterocycles. The van der Waals surface area contributed by atoms with Crippen molar-refractivity contribution in [3.05, 3.63) is 111 Å². The first-order chi connectivity index (χ1) is 16.6. The fraction of sp³-hybridized carbons (Fsp3) is 0.286. The van der Waals surface area contributed by atoms with Crippen LogP contribution in [0.1, 0.15) is 34.0 Å². The number of hydrogen-bond acceptors (Lipinski definition) is 3. The third-order valence-electron chi connectivity index (χ3n) is 6.40. The predicted molar refractivity (Wildman–Crippen MR) is 146 cm³/mol. The average Bonchev–Trinajstić information content (AvgIpc) is 3.23. The SMILES string of the molecule is Cc1cn(-c2ccc(Cc3cc(Cl)cn([C@@H](CO)c4ccc([Si](C)(C)C)cc4)c3=O)cc2C)cn1. The fourth-order valence-corrected chi connectivity index (χ4v) is 5.83. The van der Waals surface area contributed by atoms with Crippen molar-refractivity contribution in [2.75, 3.05) is 6.61 Å². The molecule has 4 aromatic rings. The van der Waals surface area contributed by atoms with E-state index in [1.165, 1.54) is 5.19 Å². The summed E-state index contributed by atoms with van der Waals surface area (Å²) in [6.07, 6.45) is 5.87. The third kappa shape index (κ3) is 5.50. The number of rotatable bonds is 7. The Bertz CT molecular complexity index is 1400. The molecule has 2 aromatic carbocycles. The maximum Gasteiger partial charge on any atom is 0.254 e. The van der Waals surface area contributed by atoms with Gasteiger partial charge >= 0.3 is 0 Å². The van der Waals surface area contributed by atoms with Gasteiger partial charge in [-0.1, -0.05) is 72.8 Å². The highest BCUT2D eigenvalue weighted by Crippen LogP contribution is 2.22. The van der Waals surface area contributed by atoms with Gasteiger partial charge in [-0.05, 0) is 42.7 Å². The quantitative estimate of drug-likeness (QED) is 0.359. The topological polar surface area (TPSA) is 60.0 Å². The molecule has 1 N–H and O–H groups in total. The van der Waals surface area contributed by atoms with Crippen molar-refractivity contribution in [2.24, 2.45) is 0 Å². The van der Waals surface area contributed by atoms with Gasteiger partial charge in [-0.25, -0.2) is 4.98 Å². The summed E-state index contributed by atoms with van der Waals surface area (Å²) < 4.78 is 3.57. The molecule has 0 saturated heterocycles. The van der Waals surface area contributed by atoms with Crippen LogP contribution in [0, 0.1) is 13.8 Å². The van der Waals surface area contributed by atoms with Crippen LogP contribution in [0.3, 0.4) is 0 Å². The number of halogens is 1. The number of imidazole rings is 1. The van der Waals surface area contributed by atoms with Crippen molar-refractivity contribution in [1.29, 1.82) is 0 Å². The molecule has 0 unspecified atom stereocenters. The number of aromatic nitrogens is 3. The number of nitrogens with zero attached hydrogens (tertiary/aromatic N) is 3. The van der Waals surface area contributed by atoms with Crippen molar-refractivity contribution in [2.45, 2.75) is 46.0 Å². The van der Waals surface area contributed by atoms with E-state index < -0.39 is 14.1 Å². The smallest absolute Gasteiger partial charge is 0.254 e. The average molecular weight is 506 g/mol. The first kappa shape index (κ1) is 25.2. The third-order valence-corrected chi connectivity index (χ3v) is 8.67. The molecule has 182 valence electrons. The second-order valence-electron chi connectivity index (χ2n) is 10.2. The maximum atomic E-state index is 13.5. The van der Waals surface area contributed by atoms with E-state index in [2.05, 4.69) is 49.7 Å². The van der Waals surface area contributed by atoms with Gasteiger partial charge in [-0.3, -0.25) is 4.79 Å². The summed E-state index contributed by atoms with van der Waals surface area (Å²) in [7, 11) is -1.44. The minimum absolute atomic E-state index is 0.144. The van der Waals surface area contributed by atoms with Crippen molar-refractivity contribution in [1.82, 2.24) is 14.1 Å². The zero-order chi connectivity index (χ0) is 25.3. The van der Waals surface area contributed by atoms with Crippen molar-refractivity contribution < 1.29 is 5.11 Å². The Hall–Kier alpha value is -2.93. The van der Waals surface area contributed by atoms with E-state index in [-0.39, 0.29) is 12.2 Å². The lowest BCUT2D eigenvalue weighted by Crippen LogP contribution is -2.37. The first-order valence-corrected chi connectivity index (χ1v) is 15.7. The molecule has 1 atom stereocenters. The van der Waals surface area contributed by atoms with Crippen LogP contribution in [-0.2, 0) is 6.42 Å². The Kier molecular flexibility index (Phi) is 7.17. The molecule has 0 amide bonds. The van der Waals surface area contributed by atoms with Gasteiger partial charge in [0, 0.05) is 30.1 Å². The predicted octanol–water partition coefficient (Wildman–Crippen LogP) is 5.02. The zero-order valence-electron chi connectivity index (χ0n) is 20.9. The Labute approximate surface area is 212 Å². The van der Waals surface area contributed by atoms with Crippen LogP contribution in [0.15, 0.2) is 72.0 Å². The van der Waals surface area contributed by atoms with E-state index in [4.69, 9.17) is 11.6 Å². The lowest BCUT2D eigenvalue weighted by molar-refractivity contribution is 0.247. The van der Waals surface area contributed by atoms with Crippen molar-refractivity contribution in [3.63, 3.8) is 0 Å². The van der Waals surface area contributed by atoms with Gasteiger partial charge in [0.2, 0.25) is 0 Å². The fourth-order valence-electron chi connectivity index (χ4n) is 4.43. The molecule has 0 spiro atoms. The molecule has 2 heterocycles. The van der Waals surface area contributed by atoms with Crippen LogP contribution in [0.2, 0.25) is 24.7 Å². The van der Waals surface area contributed by atoms with Crippen LogP contribution in [-0.4, -0.2) is 33.9 Å².